The smallest absolute Gasteiger partial charge is 0.0985 e. The minimum atomic E-state index is 0.565. The minimum absolute atomic E-state index is 0.565. The first-order valence-electron chi connectivity index (χ1n) is 5.04. The van der Waals surface area contributed by atoms with E-state index >= 15 is 0 Å². The molecule has 2 heteroatoms. The zero-order valence-corrected chi connectivity index (χ0v) is 9.69. The summed E-state index contributed by atoms with van der Waals surface area (Å²) in [6.45, 7) is 7.36. The van der Waals surface area contributed by atoms with Crippen LogP contribution in [0, 0.1) is 6.92 Å². The molecule has 0 saturated heterocycles. The average molecular weight is 205 g/mol. The molecule has 1 nitrogen and oxygen atoms in total. The molecule has 1 aromatic rings. The van der Waals surface area contributed by atoms with E-state index in [1.54, 1.807) is 0 Å². The predicted molar refractivity (Wildman–Crippen MR) is 64.3 cm³/mol. The predicted octanol–water partition coefficient (Wildman–Crippen LogP) is 3.57. The van der Waals surface area contributed by atoms with Crippen LogP contribution in [0.3, 0.4) is 0 Å². The number of fused-ring (bicyclic) bond motifs is 1. The lowest BCUT2D eigenvalue weighted by atomic mass is 10.0. The molecular formula is C12H15NS. The van der Waals surface area contributed by atoms with Crippen molar-refractivity contribution in [3.05, 3.63) is 34.9 Å². The molecular weight excluding hydrogens is 190 g/mol. The second-order valence-corrected chi connectivity index (χ2v) is 4.96. The molecule has 2 rings (SSSR count). The number of aryl methyl sites for hydroxylation is 1. The van der Waals surface area contributed by atoms with Gasteiger partial charge in [-0.3, -0.25) is 4.99 Å². The van der Waals surface area contributed by atoms with Crippen molar-refractivity contribution < 1.29 is 0 Å². The quantitative estimate of drug-likeness (QED) is 0.682. The first-order chi connectivity index (χ1) is 6.72. The van der Waals surface area contributed by atoms with Gasteiger partial charge >= 0.3 is 0 Å². The van der Waals surface area contributed by atoms with E-state index in [4.69, 9.17) is 0 Å². The van der Waals surface area contributed by atoms with E-state index in [-0.39, 0.29) is 0 Å². The number of benzene rings is 1. The van der Waals surface area contributed by atoms with E-state index in [0.717, 1.165) is 6.54 Å². The molecule has 1 aliphatic heterocycles. The Hall–Kier alpha value is -0.760. The van der Waals surface area contributed by atoms with Gasteiger partial charge in [-0.05, 0) is 26.3 Å². The summed E-state index contributed by atoms with van der Waals surface area (Å²) < 4.78 is 0. The first-order valence-corrected chi connectivity index (χ1v) is 5.92. The van der Waals surface area contributed by atoms with E-state index in [1.807, 2.05) is 11.8 Å². The molecule has 1 aliphatic rings. The van der Waals surface area contributed by atoms with Crippen molar-refractivity contribution in [2.24, 2.45) is 4.99 Å². The second-order valence-electron chi connectivity index (χ2n) is 3.63. The van der Waals surface area contributed by atoms with E-state index in [9.17, 15) is 0 Å². The highest BCUT2D eigenvalue weighted by Gasteiger charge is 2.24. The Balaban J connectivity index is 2.50. The summed E-state index contributed by atoms with van der Waals surface area (Å²) in [6, 6.07) is 6.66. The topological polar surface area (TPSA) is 12.4 Å². The largest absolute Gasteiger partial charge is 0.278 e. The van der Waals surface area contributed by atoms with Crippen LogP contribution in [-0.2, 0) is 0 Å². The molecule has 1 unspecified atom stereocenters. The normalized spacial score (nSPS) is 22.8. The molecule has 0 aromatic heterocycles. The molecule has 0 amide bonds. The summed E-state index contributed by atoms with van der Waals surface area (Å²) in [5.74, 6) is 0. The van der Waals surface area contributed by atoms with Crippen molar-refractivity contribution in [3.63, 3.8) is 0 Å². The van der Waals surface area contributed by atoms with Crippen molar-refractivity contribution in [2.45, 2.75) is 26.0 Å². The number of nitrogens with zero attached hydrogens (tertiary/aromatic N) is 1. The third-order valence-corrected chi connectivity index (χ3v) is 3.65. The Morgan fingerprint density at radius 3 is 2.93 bits per heavy atom. The Morgan fingerprint density at radius 1 is 1.43 bits per heavy atom. The third kappa shape index (κ3) is 1.59. The van der Waals surface area contributed by atoms with E-state index in [1.165, 1.54) is 21.7 Å². The van der Waals surface area contributed by atoms with E-state index < -0.39 is 0 Å². The summed E-state index contributed by atoms with van der Waals surface area (Å²) >= 11 is 1.88. The van der Waals surface area contributed by atoms with Gasteiger partial charge < -0.3 is 0 Å². The number of thioether (sulfide) groups is 1. The summed E-state index contributed by atoms with van der Waals surface area (Å²) in [5.41, 5.74) is 4.13. The van der Waals surface area contributed by atoms with Crippen molar-refractivity contribution in [1.29, 1.82) is 0 Å². The van der Waals surface area contributed by atoms with Crippen LogP contribution in [0.5, 0.6) is 0 Å². The molecule has 0 bridgehead atoms. The van der Waals surface area contributed by atoms with Gasteiger partial charge in [0, 0.05) is 17.4 Å². The first kappa shape index (κ1) is 9.78. The van der Waals surface area contributed by atoms with E-state index in [0.29, 0.717) is 5.25 Å². The lowest BCUT2D eigenvalue weighted by Crippen LogP contribution is -1.92. The maximum Gasteiger partial charge on any atom is 0.0985 e. The van der Waals surface area contributed by atoms with Gasteiger partial charge in [-0.1, -0.05) is 35.5 Å². The molecule has 0 aliphatic carbocycles. The maximum absolute atomic E-state index is 4.52. The van der Waals surface area contributed by atoms with Crippen LogP contribution in [0.2, 0.25) is 0 Å². The Morgan fingerprint density at radius 2 is 2.21 bits per heavy atom. The molecule has 1 aromatic carbocycles. The summed E-state index contributed by atoms with van der Waals surface area (Å²) in [6.07, 6.45) is 0. The second kappa shape index (κ2) is 3.77. The third-order valence-electron chi connectivity index (χ3n) is 2.47. The molecule has 1 atom stereocenters. The van der Waals surface area contributed by atoms with Gasteiger partial charge in [0.1, 0.15) is 0 Å². The monoisotopic (exact) mass is 205 g/mol. The van der Waals surface area contributed by atoms with Crippen LogP contribution in [0.1, 0.15) is 35.8 Å². The van der Waals surface area contributed by atoms with Crippen LogP contribution in [0.4, 0.5) is 0 Å². The van der Waals surface area contributed by atoms with Gasteiger partial charge in [-0.25, -0.2) is 0 Å². The molecule has 1 heterocycles. The van der Waals surface area contributed by atoms with E-state index in [2.05, 4.69) is 44.0 Å². The molecule has 0 radical (unpaired) electrons. The van der Waals surface area contributed by atoms with Crippen molar-refractivity contribution in [3.8, 4) is 0 Å². The van der Waals surface area contributed by atoms with Gasteiger partial charge in [0.2, 0.25) is 0 Å². The lowest BCUT2D eigenvalue weighted by Gasteiger charge is -2.02. The fourth-order valence-corrected chi connectivity index (χ4v) is 2.95. The summed E-state index contributed by atoms with van der Waals surface area (Å²) in [4.78, 5) is 4.52. The van der Waals surface area contributed by atoms with Crippen molar-refractivity contribution in [1.82, 2.24) is 0 Å². The van der Waals surface area contributed by atoms with Crippen molar-refractivity contribution >= 4 is 16.8 Å². The highest BCUT2D eigenvalue weighted by atomic mass is 32.2. The Kier molecular flexibility index (Phi) is 2.64. The number of aliphatic imine (C=N–C) groups is 1. The molecule has 74 valence electrons. The average Bonchev–Trinajstić information content (AvgIpc) is 2.44. The van der Waals surface area contributed by atoms with Gasteiger partial charge in [0.25, 0.3) is 0 Å². The van der Waals surface area contributed by atoms with Crippen LogP contribution in [0.25, 0.3) is 0 Å². The van der Waals surface area contributed by atoms with Crippen LogP contribution in [-0.4, -0.2) is 11.6 Å². The fraction of sp³-hybridized carbons (Fsp3) is 0.417. The fourth-order valence-electron chi connectivity index (χ4n) is 1.77. The SMILES string of the molecule is CCN=C1SC(C)c2cc(C)ccc21. The lowest BCUT2D eigenvalue weighted by molar-refractivity contribution is 1.11. The number of rotatable bonds is 1. The Labute approximate surface area is 89.6 Å². The van der Waals surface area contributed by atoms with Crippen molar-refractivity contribution in [2.75, 3.05) is 6.54 Å². The number of hydrogen-bond acceptors (Lipinski definition) is 2. The molecule has 14 heavy (non-hydrogen) atoms. The molecule has 0 N–H and O–H groups in total. The van der Waals surface area contributed by atoms with Gasteiger partial charge in [0.15, 0.2) is 0 Å². The maximum atomic E-state index is 4.52. The Bertz CT molecular complexity index is 382. The zero-order chi connectivity index (χ0) is 10.1. The molecule has 0 saturated carbocycles. The zero-order valence-electron chi connectivity index (χ0n) is 8.87. The van der Waals surface area contributed by atoms with Crippen LogP contribution >= 0.6 is 11.8 Å². The molecule has 0 fully saturated rings. The number of hydrogen-bond donors (Lipinski definition) is 0. The summed E-state index contributed by atoms with van der Waals surface area (Å²) in [7, 11) is 0. The summed E-state index contributed by atoms with van der Waals surface area (Å²) in [5, 5.41) is 1.78. The van der Waals surface area contributed by atoms with Gasteiger partial charge in [0.05, 0.1) is 5.04 Å². The molecule has 0 spiro atoms. The standard InChI is InChI=1S/C12H15NS/c1-4-13-12-10-6-5-8(2)7-11(10)9(3)14-12/h5-7,9H,4H2,1-3H3. The van der Waals surface area contributed by atoms with Crippen LogP contribution < -0.4 is 0 Å². The highest BCUT2D eigenvalue weighted by Crippen LogP contribution is 2.41. The van der Waals surface area contributed by atoms with Crippen LogP contribution in [0.15, 0.2) is 23.2 Å². The highest BCUT2D eigenvalue weighted by molar-refractivity contribution is 8.15. The van der Waals surface area contributed by atoms with Gasteiger partial charge in [-0.2, -0.15) is 0 Å². The van der Waals surface area contributed by atoms with Gasteiger partial charge in [-0.15, -0.1) is 0 Å². The minimum Gasteiger partial charge on any atom is -0.278 e.